The molecule has 0 atom stereocenters. The SMILES string of the molecule is Cc1c(C(=O)NCc2ccc3c(c2)OCO3)oc2c1/C(=N/NS(=O)(=O)c1ccc(F)cc1)CCC2. The van der Waals surface area contributed by atoms with E-state index in [0.717, 1.165) is 29.8 Å². The number of hydrogen-bond donors (Lipinski definition) is 2. The van der Waals surface area contributed by atoms with Crippen molar-refractivity contribution in [2.75, 3.05) is 6.79 Å². The summed E-state index contributed by atoms with van der Waals surface area (Å²) in [5.41, 5.74) is 2.54. The summed E-state index contributed by atoms with van der Waals surface area (Å²) in [4.78, 5) is 15.0. The number of rotatable bonds is 6. The maximum Gasteiger partial charge on any atom is 0.287 e. The number of carbonyl (C=O) groups is 1. The molecule has 182 valence electrons. The Morgan fingerprint density at radius 2 is 1.86 bits per heavy atom. The smallest absolute Gasteiger partial charge is 0.287 e. The van der Waals surface area contributed by atoms with Crippen molar-refractivity contribution in [3.8, 4) is 11.5 Å². The van der Waals surface area contributed by atoms with Crippen LogP contribution in [0.25, 0.3) is 0 Å². The van der Waals surface area contributed by atoms with Crippen molar-refractivity contribution in [3.05, 3.63) is 76.5 Å². The third-order valence-electron chi connectivity index (χ3n) is 5.85. The second kappa shape index (κ2) is 9.06. The summed E-state index contributed by atoms with van der Waals surface area (Å²) in [5, 5.41) is 6.97. The minimum atomic E-state index is -3.98. The highest BCUT2D eigenvalue weighted by Crippen LogP contribution is 2.33. The van der Waals surface area contributed by atoms with Crippen LogP contribution in [0.5, 0.6) is 11.5 Å². The van der Waals surface area contributed by atoms with Crippen molar-refractivity contribution in [1.29, 1.82) is 0 Å². The van der Waals surface area contributed by atoms with Gasteiger partial charge >= 0.3 is 0 Å². The van der Waals surface area contributed by atoms with Gasteiger partial charge in [-0.15, -0.1) is 0 Å². The molecule has 0 radical (unpaired) electrons. The molecular weight excluding hydrogens is 477 g/mol. The lowest BCUT2D eigenvalue weighted by Gasteiger charge is -2.14. The van der Waals surface area contributed by atoms with E-state index >= 15 is 0 Å². The molecule has 9 nitrogen and oxygen atoms in total. The van der Waals surface area contributed by atoms with Crippen LogP contribution in [0.3, 0.4) is 0 Å². The summed E-state index contributed by atoms with van der Waals surface area (Å²) in [5.74, 6) is 1.11. The Kier molecular flexibility index (Phi) is 5.93. The van der Waals surface area contributed by atoms with Crippen molar-refractivity contribution in [2.24, 2.45) is 5.10 Å². The molecule has 1 aromatic heterocycles. The maximum atomic E-state index is 13.1. The van der Waals surface area contributed by atoms with Crippen molar-refractivity contribution >= 4 is 21.6 Å². The van der Waals surface area contributed by atoms with E-state index in [1.807, 2.05) is 6.07 Å². The van der Waals surface area contributed by atoms with E-state index in [4.69, 9.17) is 13.9 Å². The van der Waals surface area contributed by atoms with Crippen LogP contribution in [0, 0.1) is 12.7 Å². The summed E-state index contributed by atoms with van der Waals surface area (Å²) in [7, 11) is -3.98. The average Bonchev–Trinajstić information content (AvgIpc) is 3.46. The number of ether oxygens (including phenoxy) is 2. The molecule has 1 aliphatic heterocycles. The number of carbonyl (C=O) groups excluding carboxylic acids is 1. The monoisotopic (exact) mass is 499 g/mol. The van der Waals surface area contributed by atoms with Gasteiger partial charge in [-0.1, -0.05) is 6.07 Å². The molecular formula is C24H22FN3O6S. The molecule has 0 fully saturated rings. The molecule has 0 unspecified atom stereocenters. The zero-order chi connectivity index (χ0) is 24.6. The number of hydrogen-bond acceptors (Lipinski definition) is 7. The zero-order valence-electron chi connectivity index (χ0n) is 18.8. The molecule has 1 aliphatic carbocycles. The highest BCUT2D eigenvalue weighted by molar-refractivity contribution is 7.89. The third kappa shape index (κ3) is 4.59. The first kappa shape index (κ1) is 22.9. The minimum absolute atomic E-state index is 0.105. The molecule has 2 aromatic carbocycles. The second-order valence-electron chi connectivity index (χ2n) is 8.19. The van der Waals surface area contributed by atoms with Gasteiger partial charge in [-0.3, -0.25) is 4.79 Å². The molecule has 1 amide bonds. The van der Waals surface area contributed by atoms with Crippen molar-refractivity contribution in [2.45, 2.75) is 37.6 Å². The first-order valence-corrected chi connectivity index (χ1v) is 12.4. The quantitative estimate of drug-likeness (QED) is 0.502. The number of nitrogens with zero attached hydrogens (tertiary/aromatic N) is 1. The summed E-state index contributed by atoms with van der Waals surface area (Å²) >= 11 is 0. The molecule has 0 bridgehead atoms. The van der Waals surface area contributed by atoms with E-state index in [9.17, 15) is 17.6 Å². The molecule has 5 rings (SSSR count). The van der Waals surface area contributed by atoms with Crippen molar-refractivity contribution in [3.63, 3.8) is 0 Å². The number of nitrogens with one attached hydrogen (secondary N) is 2. The molecule has 0 saturated carbocycles. The Hall–Kier alpha value is -3.86. The largest absolute Gasteiger partial charge is 0.455 e. The van der Waals surface area contributed by atoms with Crippen LogP contribution in [0.1, 0.15) is 45.8 Å². The normalized spacial score (nSPS) is 15.7. The average molecular weight is 500 g/mol. The fraction of sp³-hybridized carbons (Fsp3) is 0.250. The second-order valence-corrected chi connectivity index (χ2v) is 9.85. The van der Waals surface area contributed by atoms with Gasteiger partial charge in [0, 0.05) is 24.1 Å². The van der Waals surface area contributed by atoms with Gasteiger partial charge in [0.2, 0.25) is 6.79 Å². The van der Waals surface area contributed by atoms with E-state index in [-0.39, 0.29) is 29.9 Å². The van der Waals surface area contributed by atoms with Crippen LogP contribution >= 0.6 is 0 Å². The minimum Gasteiger partial charge on any atom is -0.455 e. The van der Waals surface area contributed by atoms with Gasteiger partial charge in [0.05, 0.1) is 10.6 Å². The number of sulfonamides is 1. The first-order chi connectivity index (χ1) is 16.8. The highest BCUT2D eigenvalue weighted by atomic mass is 32.2. The van der Waals surface area contributed by atoms with Crippen LogP contribution in [-0.2, 0) is 23.0 Å². The lowest BCUT2D eigenvalue weighted by molar-refractivity contribution is 0.0920. The van der Waals surface area contributed by atoms with Crippen molar-refractivity contribution < 1.29 is 31.5 Å². The molecule has 0 spiro atoms. The molecule has 11 heteroatoms. The number of hydrazone groups is 1. The van der Waals surface area contributed by atoms with E-state index in [2.05, 4.69) is 15.2 Å². The number of halogens is 1. The number of aryl methyl sites for hydroxylation is 1. The van der Waals surface area contributed by atoms with Gasteiger partial charge in [-0.2, -0.15) is 18.4 Å². The summed E-state index contributed by atoms with van der Waals surface area (Å²) < 4.78 is 54.7. The Morgan fingerprint density at radius 3 is 2.66 bits per heavy atom. The fourth-order valence-corrected chi connectivity index (χ4v) is 4.92. The highest BCUT2D eigenvalue weighted by Gasteiger charge is 2.28. The summed E-state index contributed by atoms with van der Waals surface area (Å²) in [6.45, 7) is 2.18. The number of benzene rings is 2. The molecule has 2 aliphatic rings. The summed E-state index contributed by atoms with van der Waals surface area (Å²) in [6.07, 6.45) is 1.81. The van der Waals surface area contributed by atoms with Crippen molar-refractivity contribution in [1.82, 2.24) is 10.1 Å². The van der Waals surface area contributed by atoms with Crippen LogP contribution in [0.15, 0.2) is 56.9 Å². The molecule has 2 heterocycles. The van der Waals surface area contributed by atoms with Crippen LogP contribution in [-0.4, -0.2) is 26.8 Å². The standard InChI is InChI=1S/C24H22FN3O6S/c1-14-22-18(27-28-35(30,31)17-8-6-16(25)7-9-17)3-2-4-20(22)34-23(14)24(29)26-12-15-5-10-19-21(11-15)33-13-32-19/h5-11,28H,2-4,12-13H2,1H3,(H,26,29)/b27-18+. The summed E-state index contributed by atoms with van der Waals surface area (Å²) in [6, 6.07) is 9.89. The lowest BCUT2D eigenvalue weighted by atomic mass is 9.93. The van der Waals surface area contributed by atoms with E-state index in [0.29, 0.717) is 53.4 Å². The molecule has 35 heavy (non-hydrogen) atoms. The van der Waals surface area contributed by atoms with Gasteiger partial charge in [0.1, 0.15) is 11.6 Å². The number of amides is 1. The van der Waals surface area contributed by atoms with E-state index < -0.39 is 15.8 Å². The Labute approximate surface area is 201 Å². The number of furan rings is 1. The van der Waals surface area contributed by atoms with Gasteiger partial charge in [-0.05, 0) is 61.7 Å². The number of fused-ring (bicyclic) bond motifs is 2. The van der Waals surface area contributed by atoms with Gasteiger partial charge in [-0.25, -0.2) is 4.39 Å². The predicted octanol–water partition coefficient (Wildman–Crippen LogP) is 3.40. The predicted molar refractivity (Wildman–Crippen MR) is 123 cm³/mol. The lowest BCUT2D eigenvalue weighted by Crippen LogP contribution is -2.23. The van der Waals surface area contributed by atoms with E-state index in [1.54, 1.807) is 19.1 Å². The third-order valence-corrected chi connectivity index (χ3v) is 7.07. The fourth-order valence-electron chi connectivity index (χ4n) is 4.09. The molecule has 0 saturated heterocycles. The molecule has 2 N–H and O–H groups in total. The maximum absolute atomic E-state index is 13.1. The van der Waals surface area contributed by atoms with Gasteiger partial charge in [0.15, 0.2) is 17.3 Å². The Balaban J connectivity index is 1.33. The van der Waals surface area contributed by atoms with Crippen LogP contribution in [0.4, 0.5) is 4.39 Å². The Morgan fingerprint density at radius 1 is 1.09 bits per heavy atom. The first-order valence-electron chi connectivity index (χ1n) is 10.9. The van der Waals surface area contributed by atoms with Crippen LogP contribution < -0.4 is 19.6 Å². The van der Waals surface area contributed by atoms with E-state index in [1.165, 1.54) is 0 Å². The van der Waals surface area contributed by atoms with Gasteiger partial charge < -0.3 is 19.2 Å². The zero-order valence-corrected chi connectivity index (χ0v) is 19.6. The molecule has 3 aromatic rings. The topological polar surface area (TPSA) is 119 Å². The van der Waals surface area contributed by atoms with Crippen LogP contribution in [0.2, 0.25) is 0 Å². The Bertz CT molecular complexity index is 1430. The van der Waals surface area contributed by atoms with Gasteiger partial charge in [0.25, 0.3) is 15.9 Å².